The van der Waals surface area contributed by atoms with E-state index in [0.29, 0.717) is 0 Å². The Morgan fingerprint density at radius 2 is 2.17 bits per heavy atom. The molecule has 1 amide bonds. The van der Waals surface area contributed by atoms with Crippen LogP contribution in [0.5, 0.6) is 0 Å². The standard InChI is InChI=1S/C7H9N3O2/c8-4-6(11)10-3-1-2-5(10)7(9)12/h1-3H,4,8H2,(H2,9,12). The molecular formula is C7H9N3O2. The molecule has 0 saturated carbocycles. The minimum absolute atomic E-state index is 0.144. The Labute approximate surface area is 68.9 Å². The van der Waals surface area contributed by atoms with E-state index >= 15 is 0 Å². The molecule has 12 heavy (non-hydrogen) atoms. The summed E-state index contributed by atoms with van der Waals surface area (Å²) in [7, 11) is 0. The van der Waals surface area contributed by atoms with Crippen LogP contribution < -0.4 is 11.5 Å². The summed E-state index contributed by atoms with van der Waals surface area (Å²) in [6, 6.07) is 3.03. The molecule has 0 aliphatic rings. The smallest absolute Gasteiger partial charge is 0.265 e. The maximum absolute atomic E-state index is 11.0. The van der Waals surface area contributed by atoms with Crippen LogP contribution in [0.15, 0.2) is 18.3 Å². The van der Waals surface area contributed by atoms with Gasteiger partial charge in [-0.05, 0) is 12.1 Å². The van der Waals surface area contributed by atoms with Crippen molar-refractivity contribution in [2.24, 2.45) is 11.5 Å². The molecule has 4 N–H and O–H groups in total. The highest BCUT2D eigenvalue weighted by Gasteiger charge is 2.10. The van der Waals surface area contributed by atoms with Crippen molar-refractivity contribution in [3.05, 3.63) is 24.0 Å². The van der Waals surface area contributed by atoms with Crippen LogP contribution >= 0.6 is 0 Å². The largest absolute Gasteiger partial charge is 0.364 e. The van der Waals surface area contributed by atoms with E-state index in [1.54, 1.807) is 6.07 Å². The van der Waals surface area contributed by atoms with E-state index in [1.807, 2.05) is 0 Å². The zero-order chi connectivity index (χ0) is 9.14. The van der Waals surface area contributed by atoms with Crippen LogP contribution in [0.3, 0.4) is 0 Å². The second-order valence-corrected chi connectivity index (χ2v) is 2.23. The number of carbonyl (C=O) groups is 2. The fraction of sp³-hybridized carbons (Fsp3) is 0.143. The Bertz CT molecular complexity index is 316. The zero-order valence-corrected chi connectivity index (χ0v) is 6.36. The molecule has 0 aliphatic carbocycles. The van der Waals surface area contributed by atoms with Gasteiger partial charge in [0, 0.05) is 6.20 Å². The molecule has 0 atom stereocenters. The number of primary amides is 1. The molecule has 0 saturated heterocycles. The summed E-state index contributed by atoms with van der Waals surface area (Å²) in [6.07, 6.45) is 1.45. The molecule has 0 aromatic carbocycles. The van der Waals surface area contributed by atoms with E-state index in [0.717, 1.165) is 4.57 Å². The van der Waals surface area contributed by atoms with E-state index in [4.69, 9.17) is 11.5 Å². The summed E-state index contributed by atoms with van der Waals surface area (Å²) in [5, 5.41) is 0. The Hall–Kier alpha value is -1.62. The minimum atomic E-state index is -0.637. The normalized spacial score (nSPS) is 9.75. The molecule has 0 fully saturated rings. The Kier molecular flexibility index (Phi) is 2.25. The van der Waals surface area contributed by atoms with Gasteiger partial charge < -0.3 is 11.5 Å². The molecule has 1 rings (SSSR count). The number of nitrogens with two attached hydrogens (primary N) is 2. The van der Waals surface area contributed by atoms with Crippen LogP contribution in [-0.4, -0.2) is 22.9 Å². The van der Waals surface area contributed by atoms with Crippen molar-refractivity contribution in [1.29, 1.82) is 0 Å². The van der Waals surface area contributed by atoms with Crippen molar-refractivity contribution in [1.82, 2.24) is 4.57 Å². The molecule has 0 spiro atoms. The first-order valence-corrected chi connectivity index (χ1v) is 3.37. The molecule has 0 aliphatic heterocycles. The first kappa shape index (κ1) is 8.48. The minimum Gasteiger partial charge on any atom is -0.364 e. The predicted octanol–water partition coefficient (Wildman–Crippen LogP) is -0.814. The summed E-state index contributed by atoms with van der Waals surface area (Å²) in [4.78, 5) is 21.7. The lowest BCUT2D eigenvalue weighted by Crippen LogP contribution is -2.26. The van der Waals surface area contributed by atoms with Crippen LogP contribution in [0.2, 0.25) is 0 Å². The number of hydrogen-bond acceptors (Lipinski definition) is 3. The van der Waals surface area contributed by atoms with Crippen LogP contribution in [0.1, 0.15) is 15.3 Å². The molecule has 5 nitrogen and oxygen atoms in total. The Morgan fingerprint density at radius 3 is 2.67 bits per heavy atom. The molecule has 1 aromatic rings. The third-order valence-corrected chi connectivity index (χ3v) is 1.44. The first-order chi connectivity index (χ1) is 5.66. The van der Waals surface area contributed by atoms with Crippen molar-refractivity contribution in [2.75, 3.05) is 6.54 Å². The molecule has 1 heterocycles. The fourth-order valence-electron chi connectivity index (χ4n) is 0.898. The van der Waals surface area contributed by atoms with Gasteiger partial charge in [-0.1, -0.05) is 0 Å². The number of nitrogens with zero attached hydrogens (tertiary/aromatic N) is 1. The second-order valence-electron chi connectivity index (χ2n) is 2.23. The van der Waals surface area contributed by atoms with E-state index in [1.165, 1.54) is 12.3 Å². The summed E-state index contributed by atoms with van der Waals surface area (Å²) in [6.45, 7) is -0.144. The second kappa shape index (κ2) is 3.19. The van der Waals surface area contributed by atoms with Crippen LogP contribution in [-0.2, 0) is 0 Å². The van der Waals surface area contributed by atoms with Gasteiger partial charge in [-0.15, -0.1) is 0 Å². The zero-order valence-electron chi connectivity index (χ0n) is 6.36. The number of carbonyl (C=O) groups excluding carboxylic acids is 2. The van der Waals surface area contributed by atoms with E-state index < -0.39 is 5.91 Å². The molecule has 0 unspecified atom stereocenters. The van der Waals surface area contributed by atoms with Crippen molar-refractivity contribution in [3.8, 4) is 0 Å². The number of rotatable bonds is 2. The van der Waals surface area contributed by atoms with Gasteiger partial charge in [0.25, 0.3) is 5.91 Å². The molecule has 0 radical (unpaired) electrons. The molecule has 0 bridgehead atoms. The Morgan fingerprint density at radius 1 is 1.50 bits per heavy atom. The van der Waals surface area contributed by atoms with Gasteiger partial charge in [-0.3, -0.25) is 14.2 Å². The van der Waals surface area contributed by atoms with E-state index in [-0.39, 0.29) is 18.1 Å². The van der Waals surface area contributed by atoms with E-state index in [9.17, 15) is 9.59 Å². The maximum Gasteiger partial charge on any atom is 0.265 e. The highest BCUT2D eigenvalue weighted by molar-refractivity contribution is 5.96. The third kappa shape index (κ3) is 1.35. The fourth-order valence-corrected chi connectivity index (χ4v) is 0.898. The van der Waals surface area contributed by atoms with Gasteiger partial charge in [0.05, 0.1) is 6.54 Å². The third-order valence-electron chi connectivity index (χ3n) is 1.44. The lowest BCUT2D eigenvalue weighted by Gasteiger charge is -2.01. The monoisotopic (exact) mass is 167 g/mol. The quantitative estimate of drug-likeness (QED) is 0.603. The topological polar surface area (TPSA) is 91.1 Å². The predicted molar refractivity (Wildman–Crippen MR) is 42.6 cm³/mol. The Balaban J connectivity index is 3.07. The SMILES string of the molecule is NCC(=O)n1cccc1C(N)=O. The summed E-state index contributed by atoms with van der Waals surface area (Å²) >= 11 is 0. The maximum atomic E-state index is 11.0. The van der Waals surface area contributed by atoms with Gasteiger partial charge in [0.1, 0.15) is 5.69 Å². The first-order valence-electron chi connectivity index (χ1n) is 3.37. The molecular weight excluding hydrogens is 158 g/mol. The highest BCUT2D eigenvalue weighted by Crippen LogP contribution is 1.99. The summed E-state index contributed by atoms with van der Waals surface area (Å²) in [5.41, 5.74) is 10.3. The number of aromatic nitrogens is 1. The molecule has 64 valence electrons. The average Bonchev–Trinajstić information content (AvgIpc) is 2.50. The van der Waals surface area contributed by atoms with Crippen LogP contribution in [0.25, 0.3) is 0 Å². The molecule has 1 aromatic heterocycles. The van der Waals surface area contributed by atoms with Crippen LogP contribution in [0, 0.1) is 0 Å². The van der Waals surface area contributed by atoms with Crippen molar-refractivity contribution in [2.45, 2.75) is 0 Å². The lowest BCUT2D eigenvalue weighted by molar-refractivity contribution is 0.0895. The summed E-state index contributed by atoms with van der Waals surface area (Å²) < 4.78 is 1.14. The van der Waals surface area contributed by atoms with E-state index in [2.05, 4.69) is 0 Å². The van der Waals surface area contributed by atoms with Crippen molar-refractivity contribution < 1.29 is 9.59 Å². The molecule has 5 heteroatoms. The lowest BCUT2D eigenvalue weighted by atomic mass is 10.4. The van der Waals surface area contributed by atoms with Gasteiger partial charge >= 0.3 is 0 Å². The highest BCUT2D eigenvalue weighted by atomic mass is 16.2. The van der Waals surface area contributed by atoms with Crippen LogP contribution in [0.4, 0.5) is 0 Å². The van der Waals surface area contributed by atoms with Gasteiger partial charge in [0.2, 0.25) is 5.91 Å². The van der Waals surface area contributed by atoms with Gasteiger partial charge in [0.15, 0.2) is 0 Å². The number of hydrogen-bond donors (Lipinski definition) is 2. The van der Waals surface area contributed by atoms with Gasteiger partial charge in [-0.25, -0.2) is 0 Å². The summed E-state index contributed by atoms with van der Waals surface area (Å²) in [5.74, 6) is -0.990. The van der Waals surface area contributed by atoms with Gasteiger partial charge in [-0.2, -0.15) is 0 Å². The van der Waals surface area contributed by atoms with Crippen molar-refractivity contribution >= 4 is 11.8 Å². The number of amides is 1. The average molecular weight is 167 g/mol. The van der Waals surface area contributed by atoms with Crippen molar-refractivity contribution in [3.63, 3.8) is 0 Å².